The average Bonchev–Trinajstić information content (AvgIpc) is 2.82. The van der Waals surface area contributed by atoms with Crippen LogP contribution in [0.4, 0.5) is 0 Å². The fourth-order valence-corrected chi connectivity index (χ4v) is 3.84. The van der Waals surface area contributed by atoms with E-state index >= 15 is 0 Å². The van der Waals surface area contributed by atoms with E-state index in [0.717, 1.165) is 11.1 Å². The molecule has 0 aromatic heterocycles. The second kappa shape index (κ2) is 14.2. The van der Waals surface area contributed by atoms with Crippen molar-refractivity contribution in [3.05, 3.63) is 65.7 Å². The number of nitrogens with one attached hydrogen (secondary N) is 3. The average molecular weight is 498 g/mol. The maximum atomic E-state index is 13.3. The van der Waals surface area contributed by atoms with E-state index in [0.29, 0.717) is 6.42 Å². The van der Waals surface area contributed by atoms with Crippen LogP contribution < -0.4 is 16.0 Å². The number of hydrogen-bond donors (Lipinski definition) is 5. The van der Waals surface area contributed by atoms with Crippen molar-refractivity contribution in [3.8, 4) is 5.75 Å². The van der Waals surface area contributed by atoms with Gasteiger partial charge in [-0.25, -0.2) is 0 Å². The quantitative estimate of drug-likeness (QED) is 0.290. The van der Waals surface area contributed by atoms with Crippen LogP contribution in [0.5, 0.6) is 5.75 Å². The molecule has 0 fully saturated rings. The van der Waals surface area contributed by atoms with Gasteiger partial charge in [0.25, 0.3) is 0 Å². The first-order valence-electron chi connectivity index (χ1n) is 12.4. The molecule has 2 aromatic rings. The molecule has 0 unspecified atom stereocenters. The van der Waals surface area contributed by atoms with E-state index in [1.807, 2.05) is 58.0 Å². The van der Waals surface area contributed by atoms with Crippen molar-refractivity contribution in [2.75, 3.05) is 6.61 Å². The van der Waals surface area contributed by atoms with Crippen molar-refractivity contribution in [2.24, 2.45) is 11.8 Å². The van der Waals surface area contributed by atoms with E-state index in [1.165, 1.54) is 12.1 Å². The van der Waals surface area contributed by atoms with Crippen molar-refractivity contribution >= 4 is 17.7 Å². The first kappa shape index (κ1) is 28.8. The molecule has 0 bridgehead atoms. The Kier molecular flexibility index (Phi) is 11.4. The van der Waals surface area contributed by atoms with Gasteiger partial charge < -0.3 is 26.2 Å². The van der Waals surface area contributed by atoms with E-state index < -0.39 is 29.9 Å². The van der Waals surface area contributed by atoms with E-state index in [2.05, 4.69) is 16.0 Å². The number of hydrogen-bond acceptors (Lipinski definition) is 5. The molecule has 0 heterocycles. The Morgan fingerprint density at radius 3 is 1.94 bits per heavy atom. The summed E-state index contributed by atoms with van der Waals surface area (Å²) < 4.78 is 0. The molecular weight excluding hydrogens is 458 g/mol. The molecule has 0 aliphatic heterocycles. The van der Waals surface area contributed by atoms with Crippen molar-refractivity contribution in [2.45, 2.75) is 65.1 Å². The summed E-state index contributed by atoms with van der Waals surface area (Å²) in [5.41, 5.74) is 1.73. The van der Waals surface area contributed by atoms with E-state index in [1.54, 1.807) is 12.1 Å². The molecule has 0 aliphatic carbocycles. The zero-order chi connectivity index (χ0) is 26.7. The van der Waals surface area contributed by atoms with Crippen molar-refractivity contribution in [1.82, 2.24) is 16.0 Å². The number of amides is 3. The molecule has 5 N–H and O–H groups in total. The molecule has 196 valence electrons. The SMILES string of the molecule is CC(C)CC(=O)N[C@H](Cc1ccc(O)cc1)C(=O)N[C@H](C(=O)N[C@@H](CO)Cc1ccccc1)C(C)C. The van der Waals surface area contributed by atoms with Crippen LogP contribution in [0, 0.1) is 11.8 Å². The summed E-state index contributed by atoms with van der Waals surface area (Å²) in [7, 11) is 0. The number of aliphatic hydroxyl groups excluding tert-OH is 1. The maximum Gasteiger partial charge on any atom is 0.243 e. The molecule has 3 amide bonds. The normalized spacial score (nSPS) is 13.6. The summed E-state index contributed by atoms with van der Waals surface area (Å²) in [4.78, 5) is 38.9. The van der Waals surface area contributed by atoms with Gasteiger partial charge in [-0.05, 0) is 41.5 Å². The molecule has 2 rings (SSSR count). The number of carbonyl (C=O) groups excluding carboxylic acids is 3. The number of benzene rings is 2. The molecule has 8 heteroatoms. The minimum absolute atomic E-state index is 0.106. The highest BCUT2D eigenvalue weighted by Crippen LogP contribution is 2.13. The summed E-state index contributed by atoms with van der Waals surface area (Å²) in [6.07, 6.45) is 0.928. The highest BCUT2D eigenvalue weighted by Gasteiger charge is 2.30. The van der Waals surface area contributed by atoms with Gasteiger partial charge in [0.15, 0.2) is 0 Å². The van der Waals surface area contributed by atoms with Crippen LogP contribution in [0.2, 0.25) is 0 Å². The lowest BCUT2D eigenvalue weighted by atomic mass is 9.99. The summed E-state index contributed by atoms with van der Waals surface area (Å²) in [6.45, 7) is 7.24. The van der Waals surface area contributed by atoms with Gasteiger partial charge in [-0.3, -0.25) is 14.4 Å². The van der Waals surface area contributed by atoms with Crippen LogP contribution in [0.25, 0.3) is 0 Å². The van der Waals surface area contributed by atoms with Gasteiger partial charge in [-0.15, -0.1) is 0 Å². The molecule has 0 spiro atoms. The predicted octanol–water partition coefficient (Wildman–Crippen LogP) is 2.33. The molecule has 0 saturated carbocycles. The van der Waals surface area contributed by atoms with Gasteiger partial charge in [0, 0.05) is 12.8 Å². The number of carbonyl (C=O) groups is 3. The number of rotatable bonds is 13. The van der Waals surface area contributed by atoms with Gasteiger partial charge in [-0.1, -0.05) is 70.2 Å². The molecule has 0 aliphatic rings. The molecule has 3 atom stereocenters. The second-order valence-corrected chi connectivity index (χ2v) is 9.90. The number of aromatic hydroxyl groups is 1. The Balaban J connectivity index is 2.13. The highest BCUT2D eigenvalue weighted by atomic mass is 16.3. The van der Waals surface area contributed by atoms with Crippen LogP contribution >= 0.6 is 0 Å². The summed E-state index contributed by atoms with van der Waals surface area (Å²) >= 11 is 0. The summed E-state index contributed by atoms with van der Waals surface area (Å²) in [5, 5.41) is 27.8. The summed E-state index contributed by atoms with van der Waals surface area (Å²) in [6, 6.07) is 13.7. The van der Waals surface area contributed by atoms with Gasteiger partial charge in [-0.2, -0.15) is 0 Å². The largest absolute Gasteiger partial charge is 0.508 e. The fourth-order valence-electron chi connectivity index (χ4n) is 3.84. The zero-order valence-corrected chi connectivity index (χ0v) is 21.5. The number of phenolic OH excluding ortho intramolecular Hbond substituents is 1. The van der Waals surface area contributed by atoms with Crippen molar-refractivity contribution in [1.29, 1.82) is 0 Å². The number of phenols is 1. The van der Waals surface area contributed by atoms with Crippen LogP contribution in [0.15, 0.2) is 54.6 Å². The lowest BCUT2D eigenvalue weighted by molar-refractivity contribution is -0.133. The smallest absolute Gasteiger partial charge is 0.243 e. The molecule has 2 aromatic carbocycles. The van der Waals surface area contributed by atoms with Gasteiger partial charge in [0.1, 0.15) is 17.8 Å². The molecular formula is C28H39N3O5. The van der Waals surface area contributed by atoms with E-state index in [9.17, 15) is 24.6 Å². The van der Waals surface area contributed by atoms with Crippen LogP contribution in [-0.2, 0) is 27.2 Å². The van der Waals surface area contributed by atoms with Crippen LogP contribution in [0.3, 0.4) is 0 Å². The lowest BCUT2D eigenvalue weighted by Crippen LogP contribution is -2.57. The van der Waals surface area contributed by atoms with Gasteiger partial charge in [0.05, 0.1) is 12.6 Å². The summed E-state index contributed by atoms with van der Waals surface area (Å²) in [5.74, 6) is -1.13. The van der Waals surface area contributed by atoms with Gasteiger partial charge >= 0.3 is 0 Å². The fraction of sp³-hybridized carbons (Fsp3) is 0.464. The van der Waals surface area contributed by atoms with E-state index in [4.69, 9.17) is 0 Å². The van der Waals surface area contributed by atoms with Gasteiger partial charge in [0.2, 0.25) is 17.7 Å². The number of aliphatic hydroxyl groups is 1. The molecule has 36 heavy (non-hydrogen) atoms. The van der Waals surface area contributed by atoms with Crippen molar-refractivity contribution in [3.63, 3.8) is 0 Å². The Hall–Kier alpha value is -3.39. The Morgan fingerprint density at radius 2 is 1.39 bits per heavy atom. The van der Waals surface area contributed by atoms with Crippen LogP contribution in [-0.4, -0.2) is 52.7 Å². The minimum atomic E-state index is -0.896. The molecule has 0 radical (unpaired) electrons. The predicted molar refractivity (Wildman–Crippen MR) is 139 cm³/mol. The first-order valence-corrected chi connectivity index (χ1v) is 12.4. The molecule has 0 saturated heterocycles. The topological polar surface area (TPSA) is 128 Å². The standard InChI is InChI=1S/C28H39N3O5/c1-18(2)14-25(34)30-24(16-21-10-12-23(33)13-11-21)27(35)31-26(19(3)4)28(36)29-22(17-32)15-20-8-6-5-7-9-20/h5-13,18-19,22,24,26,32-33H,14-17H2,1-4H3,(H,29,36)(H,30,34)(H,31,35)/t22-,24-,26+/m1/s1. The minimum Gasteiger partial charge on any atom is -0.508 e. The third kappa shape index (κ3) is 9.70. The Labute approximate surface area is 213 Å². The monoisotopic (exact) mass is 497 g/mol. The Bertz CT molecular complexity index is 976. The third-order valence-corrected chi connectivity index (χ3v) is 5.76. The maximum absolute atomic E-state index is 13.3. The molecule has 8 nitrogen and oxygen atoms in total. The third-order valence-electron chi connectivity index (χ3n) is 5.76. The second-order valence-electron chi connectivity index (χ2n) is 9.90. The lowest BCUT2D eigenvalue weighted by Gasteiger charge is -2.27. The van der Waals surface area contributed by atoms with Crippen molar-refractivity contribution < 1.29 is 24.6 Å². The Morgan fingerprint density at radius 1 is 0.778 bits per heavy atom. The van der Waals surface area contributed by atoms with E-state index in [-0.39, 0.29) is 42.9 Å². The zero-order valence-electron chi connectivity index (χ0n) is 21.5. The highest BCUT2D eigenvalue weighted by molar-refractivity contribution is 5.92. The first-order chi connectivity index (χ1) is 17.1. The van der Waals surface area contributed by atoms with Crippen LogP contribution in [0.1, 0.15) is 45.2 Å².